The van der Waals surface area contributed by atoms with Crippen LogP contribution in [-0.4, -0.2) is 84.1 Å². The number of carbonyl (C=O) groups is 1. The first kappa shape index (κ1) is 50.4. The standard InChI is InChI=1S/C55H62N8O7S2/c1-53(2)18-16-39(46(30-53)50-27-40(34-71-50)37-6-8-41(9-7-37)54(3,4)35-56)33-61-22-24-62(25-23-61)42-10-12-45(49(28-42)70-43-26-38-17-21-57-51(38)59-32-43)52(64)60-72(68,69)44-11-13-47(48(29-44)63(66)67)58-31-36-14-19-55(5,65)20-15-36/h6-13,17,21,26-29,32,34,36,58,65H,14-16,18-20,22-25,30-31,33H2,1-5H3,(H,57,59)(H,60,64)/t36-,55-. The van der Waals surface area contributed by atoms with Gasteiger partial charge >= 0.3 is 0 Å². The number of aromatic amines is 1. The molecule has 3 aliphatic rings. The molecule has 1 saturated carbocycles. The van der Waals surface area contributed by atoms with Crippen molar-refractivity contribution in [3.63, 3.8) is 0 Å². The van der Waals surface area contributed by atoms with Crippen LogP contribution in [0.15, 0.2) is 107 Å². The summed E-state index contributed by atoms with van der Waals surface area (Å²) in [6.45, 7) is 14.7. The van der Waals surface area contributed by atoms with Gasteiger partial charge in [0.2, 0.25) is 0 Å². The summed E-state index contributed by atoms with van der Waals surface area (Å²) in [6.07, 6.45) is 9.21. The van der Waals surface area contributed by atoms with Crippen molar-refractivity contribution in [2.75, 3.05) is 49.5 Å². The number of nitrogens with one attached hydrogen (secondary N) is 3. The molecule has 72 heavy (non-hydrogen) atoms. The van der Waals surface area contributed by atoms with Crippen LogP contribution < -0.4 is 19.7 Å². The first-order chi connectivity index (χ1) is 34.2. The fourth-order valence-corrected chi connectivity index (χ4v) is 12.0. The minimum Gasteiger partial charge on any atom is -0.455 e. The van der Waals surface area contributed by atoms with Gasteiger partial charge in [0.05, 0.1) is 38.7 Å². The van der Waals surface area contributed by atoms with Crippen LogP contribution in [0.3, 0.4) is 0 Å². The Morgan fingerprint density at radius 1 is 1.00 bits per heavy atom. The number of thiophene rings is 1. The fraction of sp³-hybridized carbons (Fsp3) is 0.400. The van der Waals surface area contributed by atoms with Gasteiger partial charge in [0.15, 0.2) is 0 Å². The Labute approximate surface area is 425 Å². The lowest BCUT2D eigenvalue weighted by Gasteiger charge is -2.39. The molecule has 4 N–H and O–H groups in total. The summed E-state index contributed by atoms with van der Waals surface area (Å²) in [5.41, 5.74) is 6.28. The number of nitriles is 1. The molecule has 0 radical (unpaired) electrons. The highest BCUT2D eigenvalue weighted by molar-refractivity contribution is 7.90. The number of carbonyl (C=O) groups excluding carboxylic acids is 1. The van der Waals surface area contributed by atoms with E-state index in [-0.39, 0.29) is 28.3 Å². The number of hydrogen-bond acceptors (Lipinski definition) is 13. The lowest BCUT2D eigenvalue weighted by Crippen LogP contribution is -2.47. The molecule has 0 spiro atoms. The molecule has 2 aliphatic carbocycles. The molecule has 3 aromatic heterocycles. The normalized spacial score (nSPS) is 19.7. The molecule has 1 aliphatic heterocycles. The highest BCUT2D eigenvalue weighted by atomic mass is 32.2. The molecule has 1 saturated heterocycles. The van der Waals surface area contributed by atoms with E-state index in [1.54, 1.807) is 41.8 Å². The van der Waals surface area contributed by atoms with Crippen molar-refractivity contribution in [3.05, 3.63) is 128 Å². The lowest BCUT2D eigenvalue weighted by molar-refractivity contribution is -0.384. The van der Waals surface area contributed by atoms with E-state index in [2.05, 4.69) is 85.4 Å². The van der Waals surface area contributed by atoms with E-state index in [9.17, 15) is 33.7 Å². The van der Waals surface area contributed by atoms with Gasteiger partial charge < -0.3 is 25.0 Å². The van der Waals surface area contributed by atoms with Gasteiger partial charge in [-0.15, -0.1) is 11.3 Å². The number of nitro groups is 1. The maximum absolute atomic E-state index is 14.1. The lowest BCUT2D eigenvalue weighted by atomic mass is 9.73. The molecule has 3 aromatic carbocycles. The zero-order valence-electron chi connectivity index (χ0n) is 41.5. The Balaban J connectivity index is 0.908. The fourth-order valence-electron chi connectivity index (χ4n) is 10.0. The van der Waals surface area contributed by atoms with Crippen molar-refractivity contribution >= 4 is 60.9 Å². The Morgan fingerprint density at radius 2 is 1.75 bits per heavy atom. The van der Waals surface area contributed by atoms with Crippen LogP contribution in [0.4, 0.5) is 17.1 Å². The molecule has 2 fully saturated rings. The number of rotatable bonds is 15. The van der Waals surface area contributed by atoms with Gasteiger partial charge in [-0.2, -0.15) is 5.26 Å². The van der Waals surface area contributed by atoms with Crippen LogP contribution in [0.25, 0.3) is 27.7 Å². The maximum Gasteiger partial charge on any atom is 0.293 e. The van der Waals surface area contributed by atoms with E-state index >= 15 is 0 Å². The van der Waals surface area contributed by atoms with Crippen molar-refractivity contribution in [1.82, 2.24) is 19.6 Å². The van der Waals surface area contributed by atoms with Crippen LogP contribution >= 0.6 is 11.3 Å². The summed E-state index contributed by atoms with van der Waals surface area (Å²) in [6, 6.07) is 25.3. The zero-order valence-corrected chi connectivity index (χ0v) is 43.1. The van der Waals surface area contributed by atoms with Gasteiger partial charge in [-0.3, -0.25) is 19.8 Å². The number of H-pyrrole nitrogens is 1. The molecule has 1 amide bonds. The van der Waals surface area contributed by atoms with Crippen molar-refractivity contribution in [1.29, 1.82) is 5.26 Å². The number of aliphatic hydroxyl groups is 1. The van der Waals surface area contributed by atoms with Gasteiger partial charge in [0, 0.05) is 73.5 Å². The van der Waals surface area contributed by atoms with Crippen molar-refractivity contribution in [2.24, 2.45) is 11.3 Å². The summed E-state index contributed by atoms with van der Waals surface area (Å²) >= 11 is 1.80. The number of nitro benzene ring substituents is 1. The molecule has 376 valence electrons. The molecule has 0 bridgehead atoms. The van der Waals surface area contributed by atoms with Crippen molar-refractivity contribution in [2.45, 2.75) is 95.5 Å². The number of allylic oxidation sites excluding steroid dienone is 1. The van der Waals surface area contributed by atoms with E-state index in [0.717, 1.165) is 80.0 Å². The summed E-state index contributed by atoms with van der Waals surface area (Å²) < 4.78 is 36.1. The highest BCUT2D eigenvalue weighted by Gasteiger charge is 2.32. The second kappa shape index (κ2) is 20.1. The second-order valence-corrected chi connectivity index (χ2v) is 23.9. The Bertz CT molecular complexity index is 3190. The van der Waals surface area contributed by atoms with Crippen LogP contribution in [0.2, 0.25) is 0 Å². The minimum absolute atomic E-state index is 0.0502. The number of sulfonamides is 1. The van der Waals surface area contributed by atoms with Gasteiger partial charge in [-0.1, -0.05) is 43.7 Å². The van der Waals surface area contributed by atoms with Crippen LogP contribution in [0.5, 0.6) is 11.5 Å². The molecule has 4 heterocycles. The van der Waals surface area contributed by atoms with Gasteiger partial charge in [-0.25, -0.2) is 18.1 Å². The second-order valence-electron chi connectivity index (χ2n) is 21.3. The Hall–Kier alpha value is -6.58. The van der Waals surface area contributed by atoms with Crippen molar-refractivity contribution in [3.8, 4) is 28.7 Å². The number of fused-ring (bicyclic) bond motifs is 1. The molecular formula is C55H62N8O7S2. The van der Waals surface area contributed by atoms with Crippen LogP contribution in [0, 0.1) is 32.8 Å². The summed E-state index contributed by atoms with van der Waals surface area (Å²) in [4.78, 5) is 38.7. The van der Waals surface area contributed by atoms with E-state index < -0.39 is 42.5 Å². The average Bonchev–Trinajstić information content (AvgIpc) is 4.05. The SMILES string of the molecule is CC1(C)CCC(CN2CCN(c3ccc(C(=O)NS(=O)(=O)c4ccc(NC[C@H]5CC[C@](C)(O)CC5)c([N+](=O)[O-])c4)c(Oc4cnc5[nH]ccc5c4)c3)CC2)=C(c2cc(-c3ccc(C(C)(C)C#N)cc3)cs2)C1. The number of aromatic nitrogens is 2. The smallest absolute Gasteiger partial charge is 0.293 e. The number of pyridine rings is 1. The minimum atomic E-state index is -4.60. The van der Waals surface area contributed by atoms with Gasteiger partial charge in [-0.05, 0) is 147 Å². The number of nitrogens with zero attached hydrogens (tertiary/aromatic N) is 5. The molecular weight excluding hydrogens is 949 g/mol. The largest absolute Gasteiger partial charge is 0.455 e. The van der Waals surface area contributed by atoms with Crippen LogP contribution in [-0.2, 0) is 15.4 Å². The number of hydrogen-bond donors (Lipinski definition) is 4. The first-order valence-corrected chi connectivity index (χ1v) is 27.0. The molecule has 0 atom stereocenters. The number of amides is 1. The quantitative estimate of drug-likeness (QED) is 0.0560. The van der Waals surface area contributed by atoms with Gasteiger partial charge in [0.1, 0.15) is 22.8 Å². The number of anilines is 2. The molecule has 6 aromatic rings. The summed E-state index contributed by atoms with van der Waals surface area (Å²) in [5, 5.41) is 38.3. The highest BCUT2D eigenvalue weighted by Crippen LogP contribution is 2.46. The van der Waals surface area contributed by atoms with Crippen LogP contribution in [0.1, 0.15) is 100 Å². The van der Waals surface area contributed by atoms with E-state index in [1.807, 2.05) is 26.8 Å². The first-order valence-electron chi connectivity index (χ1n) is 24.6. The van der Waals surface area contributed by atoms with E-state index in [4.69, 9.17) is 4.74 Å². The number of benzene rings is 3. The topological polar surface area (TPSA) is 207 Å². The predicted molar refractivity (Wildman–Crippen MR) is 283 cm³/mol. The monoisotopic (exact) mass is 1010 g/mol. The third-order valence-electron chi connectivity index (χ3n) is 14.7. The molecule has 15 nitrogen and oxygen atoms in total. The molecule has 9 rings (SSSR count). The van der Waals surface area contributed by atoms with Crippen molar-refractivity contribution < 1.29 is 28.0 Å². The third kappa shape index (κ3) is 11.4. The van der Waals surface area contributed by atoms with Gasteiger partial charge in [0.25, 0.3) is 21.6 Å². The average molecular weight is 1010 g/mol. The van der Waals surface area contributed by atoms with E-state index in [1.165, 1.54) is 39.9 Å². The third-order valence-corrected chi connectivity index (χ3v) is 17.1. The summed E-state index contributed by atoms with van der Waals surface area (Å²) in [5.74, 6) is -0.315. The molecule has 17 heteroatoms. The Morgan fingerprint density at radius 3 is 2.47 bits per heavy atom. The maximum atomic E-state index is 14.1. The number of piperazine rings is 1. The number of ether oxygens (including phenoxy) is 1. The molecule has 0 unspecified atom stereocenters. The summed E-state index contributed by atoms with van der Waals surface area (Å²) in [7, 11) is -4.60. The Kier molecular flexibility index (Phi) is 14.1. The van der Waals surface area contributed by atoms with E-state index in [0.29, 0.717) is 43.9 Å². The predicted octanol–water partition coefficient (Wildman–Crippen LogP) is 11.1. The zero-order chi connectivity index (χ0) is 51.0.